The number of aromatic nitrogens is 3. The SMILES string of the molecule is CCNC(c1cccc(OC)c1)c1c(Br)nnn1C. The largest absolute Gasteiger partial charge is 0.497 e. The highest BCUT2D eigenvalue weighted by Gasteiger charge is 2.21. The molecule has 1 N–H and O–H groups in total. The number of nitrogens with one attached hydrogen (secondary N) is 1. The predicted octanol–water partition coefficient (Wildman–Crippen LogP) is 2.29. The molecule has 5 nitrogen and oxygen atoms in total. The van der Waals surface area contributed by atoms with Crippen molar-refractivity contribution in [2.24, 2.45) is 7.05 Å². The zero-order valence-corrected chi connectivity index (χ0v) is 12.8. The summed E-state index contributed by atoms with van der Waals surface area (Å²) in [7, 11) is 3.56. The molecule has 0 bridgehead atoms. The molecule has 1 aromatic carbocycles. The van der Waals surface area contributed by atoms with Gasteiger partial charge >= 0.3 is 0 Å². The first-order chi connectivity index (χ1) is 9.17. The van der Waals surface area contributed by atoms with E-state index in [4.69, 9.17) is 4.74 Å². The summed E-state index contributed by atoms with van der Waals surface area (Å²) in [5.41, 5.74) is 2.11. The van der Waals surface area contributed by atoms with Crippen molar-refractivity contribution in [2.75, 3.05) is 13.7 Å². The quantitative estimate of drug-likeness (QED) is 0.916. The first-order valence-electron chi connectivity index (χ1n) is 6.09. The summed E-state index contributed by atoms with van der Waals surface area (Å²) >= 11 is 3.45. The molecule has 0 amide bonds. The highest BCUT2D eigenvalue weighted by molar-refractivity contribution is 9.10. The Labute approximate surface area is 121 Å². The highest BCUT2D eigenvalue weighted by Crippen LogP contribution is 2.28. The fraction of sp³-hybridized carbons (Fsp3) is 0.385. The van der Waals surface area contributed by atoms with Gasteiger partial charge in [0.1, 0.15) is 5.75 Å². The standard InChI is InChI=1S/C13H17BrN4O/c1-4-15-11(12-13(14)16-17-18(12)2)9-6-5-7-10(8-9)19-3/h5-8,11,15H,4H2,1-3H3. The lowest BCUT2D eigenvalue weighted by Crippen LogP contribution is -2.24. The van der Waals surface area contributed by atoms with Crippen molar-refractivity contribution in [1.82, 2.24) is 20.3 Å². The maximum absolute atomic E-state index is 5.28. The third-order valence-electron chi connectivity index (χ3n) is 2.94. The Morgan fingerprint density at radius 2 is 2.26 bits per heavy atom. The highest BCUT2D eigenvalue weighted by atomic mass is 79.9. The number of benzene rings is 1. The van der Waals surface area contributed by atoms with E-state index in [1.807, 2.05) is 25.2 Å². The summed E-state index contributed by atoms with van der Waals surface area (Å²) in [6.45, 7) is 2.92. The van der Waals surface area contributed by atoms with Crippen molar-refractivity contribution in [2.45, 2.75) is 13.0 Å². The fourth-order valence-corrected chi connectivity index (χ4v) is 2.60. The van der Waals surface area contributed by atoms with Crippen LogP contribution in [0.1, 0.15) is 24.2 Å². The Kier molecular flexibility index (Phi) is 4.55. The molecule has 2 aromatic rings. The average molecular weight is 325 g/mol. The van der Waals surface area contributed by atoms with Gasteiger partial charge in [-0.3, -0.25) is 0 Å². The lowest BCUT2D eigenvalue weighted by atomic mass is 10.0. The summed E-state index contributed by atoms with van der Waals surface area (Å²) in [6, 6.07) is 8.02. The molecule has 0 saturated heterocycles. The van der Waals surface area contributed by atoms with Crippen LogP contribution in [0, 0.1) is 0 Å². The molecule has 0 aliphatic carbocycles. The van der Waals surface area contributed by atoms with Gasteiger partial charge in [0.05, 0.1) is 18.8 Å². The van der Waals surface area contributed by atoms with Crippen molar-refractivity contribution in [3.63, 3.8) is 0 Å². The molecule has 19 heavy (non-hydrogen) atoms. The summed E-state index contributed by atoms with van der Waals surface area (Å²) < 4.78 is 7.81. The minimum atomic E-state index is 0.0227. The molecule has 0 spiro atoms. The van der Waals surface area contributed by atoms with E-state index in [0.717, 1.165) is 28.2 Å². The van der Waals surface area contributed by atoms with Crippen LogP contribution >= 0.6 is 15.9 Å². The van der Waals surface area contributed by atoms with Crippen LogP contribution < -0.4 is 10.1 Å². The van der Waals surface area contributed by atoms with Gasteiger partial charge in [-0.05, 0) is 40.2 Å². The molecule has 1 heterocycles. The van der Waals surface area contributed by atoms with E-state index in [9.17, 15) is 0 Å². The lowest BCUT2D eigenvalue weighted by molar-refractivity contribution is 0.413. The van der Waals surface area contributed by atoms with E-state index in [2.05, 4.69) is 44.5 Å². The Bertz CT molecular complexity index is 536. The van der Waals surface area contributed by atoms with E-state index in [1.165, 1.54) is 0 Å². The summed E-state index contributed by atoms with van der Waals surface area (Å²) in [4.78, 5) is 0. The Balaban J connectivity index is 2.45. The van der Waals surface area contributed by atoms with E-state index in [-0.39, 0.29) is 6.04 Å². The van der Waals surface area contributed by atoms with Gasteiger partial charge in [-0.2, -0.15) is 0 Å². The van der Waals surface area contributed by atoms with E-state index < -0.39 is 0 Å². The Morgan fingerprint density at radius 3 is 2.84 bits per heavy atom. The number of methoxy groups -OCH3 is 1. The van der Waals surface area contributed by atoms with Gasteiger partial charge in [0, 0.05) is 7.05 Å². The summed E-state index contributed by atoms with van der Waals surface area (Å²) in [5, 5.41) is 11.5. The first kappa shape index (κ1) is 14.0. The zero-order chi connectivity index (χ0) is 13.8. The lowest BCUT2D eigenvalue weighted by Gasteiger charge is -2.19. The van der Waals surface area contributed by atoms with Crippen molar-refractivity contribution < 1.29 is 4.74 Å². The molecule has 1 atom stereocenters. The number of hydrogen-bond acceptors (Lipinski definition) is 4. The second-order valence-corrected chi connectivity index (χ2v) is 4.91. The minimum absolute atomic E-state index is 0.0227. The van der Waals surface area contributed by atoms with Crippen LogP contribution in [0.2, 0.25) is 0 Å². The Hall–Kier alpha value is -1.40. The Morgan fingerprint density at radius 1 is 1.47 bits per heavy atom. The van der Waals surface area contributed by atoms with E-state index in [0.29, 0.717) is 0 Å². The molecule has 2 rings (SSSR count). The van der Waals surface area contributed by atoms with Gasteiger partial charge in [0.2, 0.25) is 0 Å². The number of aryl methyl sites for hydroxylation is 1. The van der Waals surface area contributed by atoms with E-state index in [1.54, 1.807) is 11.8 Å². The molecule has 0 radical (unpaired) electrons. The molecular weight excluding hydrogens is 308 g/mol. The molecule has 0 fully saturated rings. The third kappa shape index (κ3) is 2.96. The van der Waals surface area contributed by atoms with Gasteiger partial charge in [0.25, 0.3) is 0 Å². The fourth-order valence-electron chi connectivity index (χ4n) is 2.04. The van der Waals surface area contributed by atoms with Crippen LogP contribution in [0.5, 0.6) is 5.75 Å². The van der Waals surface area contributed by atoms with Crippen LogP contribution in [-0.4, -0.2) is 28.6 Å². The van der Waals surface area contributed by atoms with Crippen LogP contribution in [0.4, 0.5) is 0 Å². The normalized spacial score (nSPS) is 12.4. The maximum atomic E-state index is 5.28. The van der Waals surface area contributed by atoms with Gasteiger partial charge in [0.15, 0.2) is 4.60 Å². The number of halogens is 1. The van der Waals surface area contributed by atoms with Crippen LogP contribution in [0.15, 0.2) is 28.9 Å². The molecule has 6 heteroatoms. The number of ether oxygens (including phenoxy) is 1. The van der Waals surface area contributed by atoms with Crippen molar-refractivity contribution >= 4 is 15.9 Å². The predicted molar refractivity (Wildman–Crippen MR) is 77.2 cm³/mol. The van der Waals surface area contributed by atoms with Crippen molar-refractivity contribution in [3.8, 4) is 5.75 Å². The van der Waals surface area contributed by atoms with Gasteiger partial charge < -0.3 is 10.1 Å². The van der Waals surface area contributed by atoms with Crippen LogP contribution in [0.3, 0.4) is 0 Å². The first-order valence-corrected chi connectivity index (χ1v) is 6.89. The second-order valence-electron chi connectivity index (χ2n) is 4.16. The third-order valence-corrected chi connectivity index (χ3v) is 3.50. The number of nitrogens with zero attached hydrogens (tertiary/aromatic N) is 3. The molecule has 1 aromatic heterocycles. The summed E-state index contributed by atoms with van der Waals surface area (Å²) in [5.74, 6) is 0.839. The monoisotopic (exact) mass is 324 g/mol. The topological polar surface area (TPSA) is 52.0 Å². The number of rotatable bonds is 5. The minimum Gasteiger partial charge on any atom is -0.497 e. The second kappa shape index (κ2) is 6.16. The number of hydrogen-bond donors (Lipinski definition) is 1. The van der Waals surface area contributed by atoms with Gasteiger partial charge in [-0.25, -0.2) is 4.68 Å². The molecule has 1 unspecified atom stereocenters. The summed E-state index contributed by atoms with van der Waals surface area (Å²) in [6.07, 6.45) is 0. The smallest absolute Gasteiger partial charge is 0.153 e. The molecule has 0 aliphatic heterocycles. The zero-order valence-electron chi connectivity index (χ0n) is 11.2. The molecule has 102 valence electrons. The van der Waals surface area contributed by atoms with E-state index >= 15 is 0 Å². The maximum Gasteiger partial charge on any atom is 0.153 e. The molecular formula is C13H17BrN4O. The van der Waals surface area contributed by atoms with Gasteiger partial charge in [-0.15, -0.1) is 5.10 Å². The average Bonchev–Trinajstić information content (AvgIpc) is 2.76. The van der Waals surface area contributed by atoms with Gasteiger partial charge in [-0.1, -0.05) is 24.3 Å². The van der Waals surface area contributed by atoms with Crippen molar-refractivity contribution in [1.29, 1.82) is 0 Å². The molecule has 0 aliphatic rings. The van der Waals surface area contributed by atoms with Crippen LogP contribution in [-0.2, 0) is 7.05 Å². The molecule has 0 saturated carbocycles. The van der Waals surface area contributed by atoms with Crippen molar-refractivity contribution in [3.05, 3.63) is 40.1 Å². The van der Waals surface area contributed by atoms with Crippen LogP contribution in [0.25, 0.3) is 0 Å².